The largest absolute Gasteiger partial charge is 0.240 e. The van der Waals surface area contributed by atoms with Crippen molar-refractivity contribution in [3.8, 4) is 0 Å². The van der Waals surface area contributed by atoms with Crippen molar-refractivity contribution in [2.45, 2.75) is 25.8 Å². The second kappa shape index (κ2) is 4.51. The molecule has 0 aromatic rings. The predicted octanol–water partition coefficient (Wildman–Crippen LogP) is 1.34. The fourth-order valence-electron chi connectivity index (χ4n) is 1.51. The summed E-state index contributed by atoms with van der Waals surface area (Å²) in [7, 11) is 0. The standard InChI is InChI=1S/C9H10N2O2/c1-7-2-8(10-5-12)4-9(3-7)11-6-13/h4,7-8H,2-3H2,1H3. The van der Waals surface area contributed by atoms with E-state index in [1.54, 1.807) is 6.08 Å². The lowest BCUT2D eigenvalue weighted by Crippen LogP contribution is -2.14. The van der Waals surface area contributed by atoms with Gasteiger partial charge >= 0.3 is 0 Å². The van der Waals surface area contributed by atoms with Crippen molar-refractivity contribution < 1.29 is 9.59 Å². The van der Waals surface area contributed by atoms with Crippen LogP contribution in [-0.2, 0) is 9.59 Å². The second-order valence-corrected chi connectivity index (χ2v) is 3.19. The highest BCUT2D eigenvalue weighted by atomic mass is 16.1. The summed E-state index contributed by atoms with van der Waals surface area (Å²) < 4.78 is 0. The van der Waals surface area contributed by atoms with Crippen LogP contribution in [0, 0.1) is 5.92 Å². The molecule has 2 atom stereocenters. The Kier molecular flexibility index (Phi) is 3.32. The Bertz CT molecular complexity index is 310. The molecule has 4 nitrogen and oxygen atoms in total. The van der Waals surface area contributed by atoms with Gasteiger partial charge in [-0.1, -0.05) is 6.92 Å². The monoisotopic (exact) mass is 178 g/mol. The highest BCUT2D eigenvalue weighted by Gasteiger charge is 2.18. The van der Waals surface area contributed by atoms with Crippen LogP contribution in [0.1, 0.15) is 19.8 Å². The molecule has 0 amide bonds. The van der Waals surface area contributed by atoms with Crippen molar-refractivity contribution in [2.24, 2.45) is 15.9 Å². The predicted molar refractivity (Wildman–Crippen MR) is 46.5 cm³/mol. The van der Waals surface area contributed by atoms with Crippen LogP contribution >= 0.6 is 0 Å². The van der Waals surface area contributed by atoms with E-state index in [2.05, 4.69) is 9.98 Å². The smallest absolute Gasteiger partial charge is 0.211 e. The molecule has 13 heavy (non-hydrogen) atoms. The SMILES string of the molecule is CC1CC(N=C=O)=CC(N=C=O)C1. The maximum absolute atomic E-state index is 10.0. The Morgan fingerprint density at radius 2 is 2.23 bits per heavy atom. The zero-order chi connectivity index (χ0) is 9.68. The van der Waals surface area contributed by atoms with Crippen molar-refractivity contribution in [2.75, 3.05) is 0 Å². The Hall–Kier alpha value is -1.50. The van der Waals surface area contributed by atoms with E-state index in [9.17, 15) is 9.59 Å². The molecule has 0 heterocycles. The van der Waals surface area contributed by atoms with Crippen LogP contribution in [-0.4, -0.2) is 18.2 Å². The molecule has 0 aromatic heterocycles. The summed E-state index contributed by atoms with van der Waals surface area (Å²) in [5.41, 5.74) is 0.665. The minimum absolute atomic E-state index is 0.173. The van der Waals surface area contributed by atoms with E-state index in [1.165, 1.54) is 12.2 Å². The lowest BCUT2D eigenvalue weighted by Gasteiger charge is -2.19. The Morgan fingerprint density at radius 3 is 2.85 bits per heavy atom. The molecule has 0 spiro atoms. The highest BCUT2D eigenvalue weighted by molar-refractivity contribution is 5.38. The summed E-state index contributed by atoms with van der Waals surface area (Å²) in [6, 6.07) is -0.173. The minimum Gasteiger partial charge on any atom is -0.211 e. The van der Waals surface area contributed by atoms with E-state index in [0.29, 0.717) is 11.6 Å². The van der Waals surface area contributed by atoms with Gasteiger partial charge in [-0.05, 0) is 24.8 Å². The van der Waals surface area contributed by atoms with Crippen molar-refractivity contribution in [1.29, 1.82) is 0 Å². The van der Waals surface area contributed by atoms with E-state index >= 15 is 0 Å². The Morgan fingerprint density at radius 1 is 1.46 bits per heavy atom. The zero-order valence-electron chi connectivity index (χ0n) is 7.36. The molecule has 1 aliphatic rings. The number of carbonyl (C=O) groups excluding carboxylic acids is 2. The maximum atomic E-state index is 10.0. The van der Waals surface area contributed by atoms with Gasteiger partial charge in [-0.15, -0.1) is 0 Å². The molecule has 0 fully saturated rings. The lowest BCUT2D eigenvalue weighted by molar-refractivity contribution is 0.467. The molecule has 0 aromatic carbocycles. The van der Waals surface area contributed by atoms with Gasteiger partial charge in [0.2, 0.25) is 12.2 Å². The topological polar surface area (TPSA) is 58.9 Å². The lowest BCUT2D eigenvalue weighted by atomic mass is 9.91. The van der Waals surface area contributed by atoms with Gasteiger partial charge in [-0.2, -0.15) is 9.98 Å². The first-order valence-corrected chi connectivity index (χ1v) is 4.11. The highest BCUT2D eigenvalue weighted by Crippen LogP contribution is 2.25. The second-order valence-electron chi connectivity index (χ2n) is 3.19. The third-order valence-electron chi connectivity index (χ3n) is 1.99. The fourth-order valence-corrected chi connectivity index (χ4v) is 1.51. The number of rotatable bonds is 2. The van der Waals surface area contributed by atoms with Crippen LogP contribution in [0.5, 0.6) is 0 Å². The van der Waals surface area contributed by atoms with E-state index in [1.807, 2.05) is 6.92 Å². The van der Waals surface area contributed by atoms with Crippen molar-refractivity contribution in [3.63, 3.8) is 0 Å². The summed E-state index contributed by atoms with van der Waals surface area (Å²) in [6.07, 6.45) is 6.28. The van der Waals surface area contributed by atoms with Crippen LogP contribution in [0.15, 0.2) is 21.8 Å². The average Bonchev–Trinajstić information content (AvgIpc) is 2.04. The molecule has 0 saturated heterocycles. The van der Waals surface area contributed by atoms with E-state index in [-0.39, 0.29) is 6.04 Å². The fraction of sp³-hybridized carbons (Fsp3) is 0.556. The van der Waals surface area contributed by atoms with Crippen LogP contribution < -0.4 is 0 Å². The first-order valence-electron chi connectivity index (χ1n) is 4.11. The molecule has 4 heteroatoms. The maximum Gasteiger partial charge on any atom is 0.240 e. The molecule has 0 saturated carbocycles. The van der Waals surface area contributed by atoms with Gasteiger partial charge in [0.1, 0.15) is 0 Å². The minimum atomic E-state index is -0.173. The van der Waals surface area contributed by atoms with Crippen molar-refractivity contribution >= 4 is 12.2 Å². The molecular weight excluding hydrogens is 168 g/mol. The van der Waals surface area contributed by atoms with Crippen molar-refractivity contribution in [1.82, 2.24) is 0 Å². The summed E-state index contributed by atoms with van der Waals surface area (Å²) >= 11 is 0. The van der Waals surface area contributed by atoms with Crippen LogP contribution in [0.25, 0.3) is 0 Å². The van der Waals surface area contributed by atoms with Gasteiger partial charge in [0.15, 0.2) is 0 Å². The third kappa shape index (κ3) is 2.79. The number of hydrogen-bond acceptors (Lipinski definition) is 4. The number of hydrogen-bond donors (Lipinski definition) is 0. The molecule has 0 radical (unpaired) electrons. The third-order valence-corrected chi connectivity index (χ3v) is 1.99. The summed E-state index contributed by atoms with van der Waals surface area (Å²) in [4.78, 5) is 27.1. The molecule has 2 unspecified atom stereocenters. The van der Waals surface area contributed by atoms with Gasteiger partial charge in [0.25, 0.3) is 0 Å². The van der Waals surface area contributed by atoms with Gasteiger partial charge in [0.05, 0.1) is 11.7 Å². The van der Waals surface area contributed by atoms with Gasteiger partial charge < -0.3 is 0 Å². The van der Waals surface area contributed by atoms with Crippen LogP contribution in [0.4, 0.5) is 0 Å². The molecule has 0 N–H and O–H groups in total. The van der Waals surface area contributed by atoms with Gasteiger partial charge in [-0.25, -0.2) is 9.59 Å². The van der Waals surface area contributed by atoms with Gasteiger partial charge in [0, 0.05) is 0 Å². The average molecular weight is 178 g/mol. The molecular formula is C9H10N2O2. The van der Waals surface area contributed by atoms with Crippen molar-refractivity contribution in [3.05, 3.63) is 11.8 Å². The number of nitrogens with zero attached hydrogens (tertiary/aromatic N) is 2. The summed E-state index contributed by atoms with van der Waals surface area (Å²) in [5.74, 6) is 0.388. The van der Waals surface area contributed by atoms with E-state index in [0.717, 1.165) is 12.8 Å². The van der Waals surface area contributed by atoms with Crippen LogP contribution in [0.2, 0.25) is 0 Å². The molecule has 68 valence electrons. The zero-order valence-corrected chi connectivity index (χ0v) is 7.36. The molecule has 1 rings (SSSR count). The molecule has 0 aliphatic heterocycles. The summed E-state index contributed by atoms with van der Waals surface area (Å²) in [6.45, 7) is 2.03. The number of allylic oxidation sites excluding steroid dienone is 1. The van der Waals surface area contributed by atoms with Crippen LogP contribution in [0.3, 0.4) is 0 Å². The van der Waals surface area contributed by atoms with E-state index in [4.69, 9.17) is 0 Å². The Balaban J connectivity index is 2.83. The first kappa shape index (κ1) is 9.59. The number of aliphatic imine (C=N–C) groups is 2. The molecule has 0 bridgehead atoms. The van der Waals surface area contributed by atoms with E-state index < -0.39 is 0 Å². The normalized spacial score (nSPS) is 26.7. The molecule has 1 aliphatic carbocycles. The first-order chi connectivity index (χ1) is 6.26. The van der Waals surface area contributed by atoms with Gasteiger partial charge in [-0.3, -0.25) is 0 Å². The Labute approximate surface area is 76.1 Å². The summed E-state index contributed by atoms with van der Waals surface area (Å²) in [5, 5.41) is 0. The quantitative estimate of drug-likeness (QED) is 0.473. The number of isocyanates is 2.